The van der Waals surface area contributed by atoms with E-state index in [9.17, 15) is 13.6 Å². The Bertz CT molecular complexity index is 424. The van der Waals surface area contributed by atoms with Crippen LogP contribution in [0.25, 0.3) is 0 Å². The first-order chi connectivity index (χ1) is 9.63. The largest absolute Gasteiger partial charge is 0.355 e. The fraction of sp³-hybridized carbons (Fsp3) is 0.533. The summed E-state index contributed by atoms with van der Waals surface area (Å²) in [5.41, 5.74) is 0.710. The molecule has 1 aromatic rings. The molecule has 2 N–H and O–H groups in total. The maximum Gasteiger partial charge on any atom is 0.220 e. The summed E-state index contributed by atoms with van der Waals surface area (Å²) in [4.78, 5) is 11.5. The Morgan fingerprint density at radius 2 is 1.95 bits per heavy atom. The molecule has 20 heavy (non-hydrogen) atoms. The van der Waals surface area contributed by atoms with Crippen molar-refractivity contribution in [2.75, 3.05) is 19.6 Å². The number of carbonyl (C=O) groups excluding carboxylic acids is 1. The average Bonchev–Trinajstić information content (AvgIpc) is 2.42. The molecule has 0 aromatic heterocycles. The van der Waals surface area contributed by atoms with Crippen molar-refractivity contribution in [3.05, 3.63) is 35.4 Å². The molecule has 0 unspecified atom stereocenters. The maximum absolute atomic E-state index is 13.0. The highest BCUT2D eigenvalue weighted by Gasteiger charge is 2.04. The van der Waals surface area contributed by atoms with Crippen LogP contribution in [0.15, 0.2) is 18.2 Å². The quantitative estimate of drug-likeness (QED) is 0.684. The van der Waals surface area contributed by atoms with Gasteiger partial charge in [0.2, 0.25) is 5.91 Å². The molecule has 112 valence electrons. The molecule has 0 saturated carbocycles. The number of carbonyl (C=O) groups is 1. The number of amides is 1. The van der Waals surface area contributed by atoms with Crippen molar-refractivity contribution in [2.45, 2.75) is 32.6 Å². The highest BCUT2D eigenvalue weighted by molar-refractivity contribution is 5.75. The minimum Gasteiger partial charge on any atom is -0.355 e. The van der Waals surface area contributed by atoms with Crippen LogP contribution < -0.4 is 10.6 Å². The summed E-state index contributed by atoms with van der Waals surface area (Å²) in [5, 5.41) is 6.00. The van der Waals surface area contributed by atoms with Crippen LogP contribution in [0.2, 0.25) is 0 Å². The summed E-state index contributed by atoms with van der Waals surface area (Å²) in [6.07, 6.45) is 2.66. The third-order valence-electron chi connectivity index (χ3n) is 2.90. The summed E-state index contributed by atoms with van der Waals surface area (Å²) in [6.45, 7) is 4.42. The van der Waals surface area contributed by atoms with E-state index < -0.39 is 11.6 Å². The Labute approximate surface area is 118 Å². The summed E-state index contributed by atoms with van der Waals surface area (Å²) < 4.78 is 25.7. The first-order valence-electron chi connectivity index (χ1n) is 7.04. The molecule has 0 aliphatic carbocycles. The lowest BCUT2D eigenvalue weighted by Gasteiger charge is -2.06. The average molecular weight is 284 g/mol. The Morgan fingerprint density at radius 3 is 2.65 bits per heavy atom. The van der Waals surface area contributed by atoms with Crippen molar-refractivity contribution in [1.29, 1.82) is 0 Å². The summed E-state index contributed by atoms with van der Waals surface area (Å²) >= 11 is 0. The van der Waals surface area contributed by atoms with Gasteiger partial charge < -0.3 is 10.6 Å². The van der Waals surface area contributed by atoms with Crippen LogP contribution in [0.1, 0.15) is 31.7 Å². The predicted octanol–water partition coefficient (Wildman–Crippen LogP) is 2.40. The number of rotatable bonds is 9. The molecule has 0 bridgehead atoms. The zero-order chi connectivity index (χ0) is 14.8. The molecule has 3 nitrogen and oxygen atoms in total. The fourth-order valence-electron chi connectivity index (χ4n) is 1.83. The predicted molar refractivity (Wildman–Crippen MR) is 75.5 cm³/mol. The Balaban J connectivity index is 2.13. The first-order valence-corrected chi connectivity index (χ1v) is 7.04. The zero-order valence-corrected chi connectivity index (χ0v) is 11.8. The summed E-state index contributed by atoms with van der Waals surface area (Å²) in [5.74, 6) is -1.69. The Morgan fingerprint density at radius 1 is 1.15 bits per heavy atom. The van der Waals surface area contributed by atoms with Gasteiger partial charge in [-0.1, -0.05) is 13.0 Å². The lowest BCUT2D eigenvalue weighted by atomic mass is 10.1. The van der Waals surface area contributed by atoms with E-state index in [1.807, 2.05) is 0 Å². The minimum atomic E-state index is -0.842. The molecule has 0 spiro atoms. The molecule has 5 heteroatoms. The van der Waals surface area contributed by atoms with Crippen molar-refractivity contribution in [3.63, 3.8) is 0 Å². The van der Waals surface area contributed by atoms with Gasteiger partial charge in [0.1, 0.15) is 0 Å². The van der Waals surface area contributed by atoms with Crippen LogP contribution in [0, 0.1) is 11.6 Å². The van der Waals surface area contributed by atoms with Gasteiger partial charge in [0.25, 0.3) is 0 Å². The van der Waals surface area contributed by atoms with Crippen LogP contribution in [-0.2, 0) is 11.2 Å². The van der Waals surface area contributed by atoms with Gasteiger partial charge >= 0.3 is 0 Å². The van der Waals surface area contributed by atoms with Gasteiger partial charge in [-0.3, -0.25) is 4.79 Å². The van der Waals surface area contributed by atoms with Gasteiger partial charge in [-0.15, -0.1) is 0 Å². The van der Waals surface area contributed by atoms with E-state index in [-0.39, 0.29) is 5.91 Å². The van der Waals surface area contributed by atoms with Crippen molar-refractivity contribution >= 4 is 5.91 Å². The van der Waals surface area contributed by atoms with E-state index in [4.69, 9.17) is 0 Å². The number of nitrogens with one attached hydrogen (secondary N) is 2. The Kier molecular flexibility index (Phi) is 7.80. The van der Waals surface area contributed by atoms with Gasteiger partial charge in [0.15, 0.2) is 11.6 Å². The molecule has 0 aliphatic heterocycles. The van der Waals surface area contributed by atoms with Gasteiger partial charge in [0.05, 0.1) is 0 Å². The number of hydrogen-bond acceptors (Lipinski definition) is 2. The molecule has 0 atom stereocenters. The van der Waals surface area contributed by atoms with E-state index in [2.05, 4.69) is 17.6 Å². The SMILES string of the molecule is CCCNCCNC(=O)CCCc1ccc(F)c(F)c1. The third kappa shape index (κ3) is 6.61. The van der Waals surface area contributed by atoms with Gasteiger partial charge in [-0.25, -0.2) is 8.78 Å². The van der Waals surface area contributed by atoms with Crippen LogP contribution in [0.5, 0.6) is 0 Å². The van der Waals surface area contributed by atoms with Crippen molar-refractivity contribution in [1.82, 2.24) is 10.6 Å². The van der Waals surface area contributed by atoms with E-state index in [1.54, 1.807) is 6.07 Å². The van der Waals surface area contributed by atoms with Crippen molar-refractivity contribution in [2.24, 2.45) is 0 Å². The van der Waals surface area contributed by atoms with Gasteiger partial charge in [-0.2, -0.15) is 0 Å². The van der Waals surface area contributed by atoms with Crippen LogP contribution >= 0.6 is 0 Å². The highest BCUT2D eigenvalue weighted by Crippen LogP contribution is 2.11. The lowest BCUT2D eigenvalue weighted by molar-refractivity contribution is -0.121. The topological polar surface area (TPSA) is 41.1 Å². The summed E-state index contributed by atoms with van der Waals surface area (Å²) in [6, 6.07) is 3.84. The number of aryl methyl sites for hydroxylation is 1. The van der Waals surface area contributed by atoms with Gasteiger partial charge in [0, 0.05) is 19.5 Å². The molecule has 0 saturated heterocycles. The molecule has 0 aliphatic rings. The number of halogens is 2. The highest BCUT2D eigenvalue weighted by atomic mass is 19.2. The summed E-state index contributed by atoms with van der Waals surface area (Å²) in [7, 11) is 0. The first kappa shape index (κ1) is 16.6. The third-order valence-corrected chi connectivity index (χ3v) is 2.90. The zero-order valence-electron chi connectivity index (χ0n) is 11.8. The second-order valence-electron chi connectivity index (χ2n) is 4.70. The molecule has 0 heterocycles. The van der Waals surface area contributed by atoms with E-state index in [0.717, 1.165) is 25.6 Å². The molecular weight excluding hydrogens is 262 g/mol. The van der Waals surface area contributed by atoms with Crippen molar-refractivity contribution < 1.29 is 13.6 Å². The van der Waals surface area contributed by atoms with Gasteiger partial charge in [-0.05, 0) is 43.5 Å². The molecule has 1 rings (SSSR count). The smallest absolute Gasteiger partial charge is 0.220 e. The molecule has 1 aromatic carbocycles. The second kappa shape index (κ2) is 9.42. The standard InChI is InChI=1S/C15H22F2N2O/c1-2-8-18-9-10-19-15(20)5-3-4-12-6-7-13(16)14(17)11-12/h6-7,11,18H,2-5,8-10H2,1H3,(H,19,20). The Hall–Kier alpha value is -1.49. The van der Waals surface area contributed by atoms with Crippen LogP contribution in [0.3, 0.4) is 0 Å². The molecular formula is C15H22F2N2O. The number of benzene rings is 1. The van der Waals surface area contributed by atoms with E-state index in [0.29, 0.717) is 31.4 Å². The van der Waals surface area contributed by atoms with Crippen LogP contribution in [-0.4, -0.2) is 25.5 Å². The number of hydrogen-bond donors (Lipinski definition) is 2. The van der Waals surface area contributed by atoms with E-state index >= 15 is 0 Å². The minimum absolute atomic E-state index is 0.00844. The second-order valence-corrected chi connectivity index (χ2v) is 4.70. The van der Waals surface area contributed by atoms with Crippen LogP contribution in [0.4, 0.5) is 8.78 Å². The monoisotopic (exact) mass is 284 g/mol. The maximum atomic E-state index is 13.0. The lowest BCUT2D eigenvalue weighted by Crippen LogP contribution is -2.31. The molecule has 0 fully saturated rings. The fourth-order valence-corrected chi connectivity index (χ4v) is 1.83. The normalized spacial score (nSPS) is 10.6. The molecule has 0 radical (unpaired) electrons. The van der Waals surface area contributed by atoms with Crippen molar-refractivity contribution in [3.8, 4) is 0 Å². The van der Waals surface area contributed by atoms with E-state index in [1.165, 1.54) is 6.07 Å². The molecule has 1 amide bonds.